The lowest BCUT2D eigenvalue weighted by Gasteiger charge is -1.96. The van der Waals surface area contributed by atoms with Gasteiger partial charge >= 0.3 is 0 Å². The largest absolute Gasteiger partial charge is 0.360 e. The second kappa shape index (κ2) is 4.97. The van der Waals surface area contributed by atoms with Gasteiger partial charge in [0.25, 0.3) is 0 Å². The molecule has 0 aliphatic rings. The number of hydrogen-bond acceptors (Lipinski definition) is 4. The van der Waals surface area contributed by atoms with E-state index in [4.69, 9.17) is 0 Å². The van der Waals surface area contributed by atoms with Gasteiger partial charge in [0.15, 0.2) is 5.82 Å². The van der Waals surface area contributed by atoms with Crippen LogP contribution in [0.4, 0.5) is 4.39 Å². The van der Waals surface area contributed by atoms with E-state index in [0.717, 1.165) is 27.0 Å². The number of nitrogens with one attached hydrogen (secondary N) is 1. The van der Waals surface area contributed by atoms with Crippen LogP contribution in [0.1, 0.15) is 0 Å². The molecular weight excluding hydrogens is 325 g/mol. The van der Waals surface area contributed by atoms with Gasteiger partial charge in [0.1, 0.15) is 10.8 Å². The van der Waals surface area contributed by atoms with E-state index in [-0.39, 0.29) is 5.82 Å². The first-order valence-corrected chi connectivity index (χ1v) is 8.16. The van der Waals surface area contributed by atoms with Crippen molar-refractivity contribution in [3.05, 3.63) is 60.5 Å². The van der Waals surface area contributed by atoms with Gasteiger partial charge in [0.05, 0.1) is 0 Å². The maximum Gasteiger partial charge on any atom is 0.235 e. The van der Waals surface area contributed by atoms with Crippen LogP contribution in [0.2, 0.25) is 0 Å². The minimum atomic E-state index is -0.280. The molecule has 0 unspecified atom stereocenters. The molecule has 3 aromatic heterocycles. The van der Waals surface area contributed by atoms with Crippen molar-refractivity contribution >= 4 is 27.2 Å². The number of para-hydroxylation sites is 1. The molecule has 5 rings (SSSR count). The molecule has 0 aliphatic carbocycles. The Hall–Kier alpha value is -3.06. The van der Waals surface area contributed by atoms with Crippen molar-refractivity contribution in [2.24, 2.45) is 0 Å². The minimum absolute atomic E-state index is 0.280. The van der Waals surface area contributed by atoms with E-state index in [1.54, 1.807) is 16.6 Å². The van der Waals surface area contributed by atoms with E-state index < -0.39 is 0 Å². The highest BCUT2D eigenvalue weighted by molar-refractivity contribution is 7.20. The number of H-pyrrole nitrogens is 1. The summed E-state index contributed by atoms with van der Waals surface area (Å²) in [5.74, 6) is 0.324. The van der Waals surface area contributed by atoms with E-state index in [2.05, 4.69) is 26.3 Å². The third-order valence-electron chi connectivity index (χ3n) is 3.91. The molecule has 0 saturated carbocycles. The summed E-state index contributed by atoms with van der Waals surface area (Å²) < 4.78 is 14.8. The highest BCUT2D eigenvalue weighted by atomic mass is 32.1. The molecule has 116 valence electrons. The van der Waals surface area contributed by atoms with Crippen LogP contribution in [0.3, 0.4) is 0 Å². The van der Waals surface area contributed by atoms with E-state index >= 15 is 0 Å². The zero-order chi connectivity index (χ0) is 16.1. The summed E-state index contributed by atoms with van der Waals surface area (Å²) >= 11 is 1.47. The number of nitrogens with zero attached hydrogens (tertiary/aromatic N) is 4. The molecule has 0 spiro atoms. The first-order chi connectivity index (χ1) is 11.8. The predicted octanol–water partition coefficient (Wildman–Crippen LogP) is 4.14. The number of halogens is 1. The summed E-state index contributed by atoms with van der Waals surface area (Å²) in [6.07, 6.45) is 1.95. The SMILES string of the molecule is Fc1ccc(-c2nnc3sc(-c4c[nH]c5ccccc45)nn23)cc1. The molecule has 0 amide bonds. The Morgan fingerprint density at radius 2 is 1.83 bits per heavy atom. The van der Waals surface area contributed by atoms with Crippen LogP contribution in [-0.4, -0.2) is 24.8 Å². The Morgan fingerprint density at radius 3 is 2.71 bits per heavy atom. The van der Waals surface area contributed by atoms with Crippen molar-refractivity contribution in [3.8, 4) is 22.0 Å². The first kappa shape index (κ1) is 13.4. The molecule has 0 radical (unpaired) electrons. The molecule has 1 N–H and O–H groups in total. The number of rotatable bonds is 2. The Labute approximate surface area is 139 Å². The van der Waals surface area contributed by atoms with Gasteiger partial charge in [-0.1, -0.05) is 29.5 Å². The highest BCUT2D eigenvalue weighted by Crippen LogP contribution is 2.32. The van der Waals surface area contributed by atoms with Crippen LogP contribution < -0.4 is 0 Å². The molecule has 7 heteroatoms. The van der Waals surface area contributed by atoms with Crippen LogP contribution in [0.15, 0.2) is 54.7 Å². The van der Waals surface area contributed by atoms with Crippen LogP contribution in [0.25, 0.3) is 37.8 Å². The number of aromatic nitrogens is 5. The Kier molecular flexibility index (Phi) is 2.77. The topological polar surface area (TPSA) is 58.9 Å². The zero-order valence-corrected chi connectivity index (χ0v) is 13.1. The van der Waals surface area contributed by atoms with Gasteiger partial charge in [-0.05, 0) is 30.3 Å². The Balaban J connectivity index is 1.68. The summed E-state index contributed by atoms with van der Waals surface area (Å²) in [4.78, 5) is 3.96. The quantitative estimate of drug-likeness (QED) is 0.527. The summed E-state index contributed by atoms with van der Waals surface area (Å²) in [6.45, 7) is 0. The molecule has 0 atom stereocenters. The van der Waals surface area contributed by atoms with Crippen LogP contribution >= 0.6 is 11.3 Å². The molecule has 5 nitrogen and oxygen atoms in total. The van der Waals surface area contributed by atoms with Gasteiger partial charge in [-0.2, -0.15) is 9.61 Å². The minimum Gasteiger partial charge on any atom is -0.360 e. The number of fused-ring (bicyclic) bond motifs is 2. The average Bonchev–Trinajstić information content (AvgIpc) is 3.28. The lowest BCUT2D eigenvalue weighted by Crippen LogP contribution is -1.91. The highest BCUT2D eigenvalue weighted by Gasteiger charge is 2.16. The van der Waals surface area contributed by atoms with Gasteiger partial charge in [-0.3, -0.25) is 0 Å². The fourth-order valence-corrected chi connectivity index (χ4v) is 3.62. The molecule has 24 heavy (non-hydrogen) atoms. The van der Waals surface area contributed by atoms with Crippen molar-refractivity contribution in [1.29, 1.82) is 0 Å². The lowest BCUT2D eigenvalue weighted by atomic mass is 10.2. The van der Waals surface area contributed by atoms with Crippen molar-refractivity contribution < 1.29 is 4.39 Å². The average molecular weight is 335 g/mol. The monoisotopic (exact) mass is 335 g/mol. The molecule has 5 aromatic rings. The summed E-state index contributed by atoms with van der Waals surface area (Å²) in [7, 11) is 0. The summed E-state index contributed by atoms with van der Waals surface area (Å²) in [6, 6.07) is 14.3. The van der Waals surface area contributed by atoms with Crippen LogP contribution in [0, 0.1) is 5.82 Å². The van der Waals surface area contributed by atoms with Gasteiger partial charge in [-0.15, -0.1) is 10.2 Å². The predicted molar refractivity (Wildman–Crippen MR) is 91.3 cm³/mol. The second-order valence-electron chi connectivity index (χ2n) is 5.38. The van der Waals surface area contributed by atoms with E-state index in [1.165, 1.54) is 23.5 Å². The van der Waals surface area contributed by atoms with Gasteiger partial charge in [0, 0.05) is 28.2 Å². The maximum absolute atomic E-state index is 13.1. The Bertz CT molecular complexity index is 1170. The number of aromatic amines is 1. The standard InChI is InChI=1S/C17H10FN5S/c18-11-7-5-10(6-8-11)15-20-21-17-23(15)22-16(24-17)13-9-19-14-4-2-1-3-12(13)14/h1-9,19H. The molecule has 0 saturated heterocycles. The normalized spacial score (nSPS) is 11.5. The molecular formula is C17H10FN5S. The fraction of sp³-hybridized carbons (Fsp3) is 0. The fourth-order valence-electron chi connectivity index (χ4n) is 2.75. The maximum atomic E-state index is 13.1. The Morgan fingerprint density at radius 1 is 1.00 bits per heavy atom. The molecule has 3 heterocycles. The molecule has 0 fully saturated rings. The first-order valence-electron chi connectivity index (χ1n) is 7.34. The van der Waals surface area contributed by atoms with Gasteiger partial charge in [0.2, 0.25) is 4.96 Å². The smallest absolute Gasteiger partial charge is 0.235 e. The lowest BCUT2D eigenvalue weighted by molar-refractivity contribution is 0.628. The zero-order valence-electron chi connectivity index (χ0n) is 12.3. The molecule has 0 aliphatic heterocycles. The van der Waals surface area contributed by atoms with E-state index in [1.807, 2.05) is 24.4 Å². The van der Waals surface area contributed by atoms with E-state index in [9.17, 15) is 4.39 Å². The summed E-state index contributed by atoms with van der Waals surface area (Å²) in [5, 5.41) is 15.0. The van der Waals surface area contributed by atoms with Gasteiger partial charge in [-0.25, -0.2) is 4.39 Å². The van der Waals surface area contributed by atoms with Crippen molar-refractivity contribution in [2.75, 3.05) is 0 Å². The van der Waals surface area contributed by atoms with Crippen molar-refractivity contribution in [1.82, 2.24) is 24.8 Å². The van der Waals surface area contributed by atoms with Crippen LogP contribution in [-0.2, 0) is 0 Å². The number of benzene rings is 2. The number of hydrogen-bond donors (Lipinski definition) is 1. The third-order valence-corrected chi connectivity index (χ3v) is 4.85. The molecule has 0 bridgehead atoms. The van der Waals surface area contributed by atoms with E-state index in [0.29, 0.717) is 10.8 Å². The second-order valence-corrected chi connectivity index (χ2v) is 6.34. The molecule has 2 aromatic carbocycles. The third kappa shape index (κ3) is 1.95. The van der Waals surface area contributed by atoms with Crippen molar-refractivity contribution in [2.45, 2.75) is 0 Å². The summed E-state index contributed by atoms with van der Waals surface area (Å²) in [5.41, 5.74) is 2.88. The van der Waals surface area contributed by atoms with Crippen LogP contribution in [0.5, 0.6) is 0 Å². The van der Waals surface area contributed by atoms with Crippen molar-refractivity contribution in [3.63, 3.8) is 0 Å². The van der Waals surface area contributed by atoms with Gasteiger partial charge < -0.3 is 4.98 Å².